The van der Waals surface area contributed by atoms with Gasteiger partial charge in [-0.2, -0.15) is 0 Å². The van der Waals surface area contributed by atoms with Crippen LogP contribution in [0.4, 0.5) is 0 Å². The number of Topliss-reactive ketones (excluding diaryl/α,β-unsaturated/α-hetero) is 1. The van der Waals surface area contributed by atoms with Gasteiger partial charge in [0.25, 0.3) is 0 Å². The van der Waals surface area contributed by atoms with E-state index in [2.05, 4.69) is 19.1 Å². The molecule has 0 heterocycles. The molecule has 0 bridgehead atoms. The Morgan fingerprint density at radius 3 is 2.37 bits per heavy atom. The largest absolute Gasteiger partial charge is 0.294 e. The normalized spacial score (nSPS) is 10.4. The highest BCUT2D eigenvalue weighted by Crippen LogP contribution is 2.17. The van der Waals surface area contributed by atoms with Gasteiger partial charge in [-0.15, -0.1) is 11.8 Å². The van der Waals surface area contributed by atoms with Crippen LogP contribution < -0.4 is 0 Å². The first-order chi connectivity index (χ1) is 9.20. The van der Waals surface area contributed by atoms with Crippen molar-refractivity contribution in [1.82, 2.24) is 0 Å². The predicted molar refractivity (Wildman–Crippen MR) is 82.1 cm³/mol. The summed E-state index contributed by atoms with van der Waals surface area (Å²) in [5.74, 6) is 0.218. The Kier molecular flexibility index (Phi) is 4.80. The Morgan fingerprint density at radius 1 is 1.05 bits per heavy atom. The fraction of sp³-hybridized carbons (Fsp3) is 0.235. The Morgan fingerprint density at radius 2 is 1.74 bits per heavy atom. The van der Waals surface area contributed by atoms with Gasteiger partial charge >= 0.3 is 0 Å². The summed E-state index contributed by atoms with van der Waals surface area (Å²) >= 11 is 1.69. The van der Waals surface area contributed by atoms with E-state index in [9.17, 15) is 4.79 Å². The molecule has 0 unspecified atom stereocenters. The number of carbonyl (C=O) groups is 1. The first kappa shape index (κ1) is 13.9. The van der Waals surface area contributed by atoms with Gasteiger partial charge in [-0.25, -0.2) is 0 Å². The monoisotopic (exact) mass is 270 g/mol. The maximum absolute atomic E-state index is 12.1. The van der Waals surface area contributed by atoms with Gasteiger partial charge < -0.3 is 0 Å². The molecule has 2 aromatic carbocycles. The van der Waals surface area contributed by atoms with Crippen LogP contribution in [0.1, 0.15) is 27.9 Å². The molecule has 0 aliphatic heterocycles. The van der Waals surface area contributed by atoms with E-state index in [1.165, 1.54) is 16.0 Å². The third kappa shape index (κ3) is 3.71. The molecule has 1 nitrogen and oxygen atoms in total. The smallest absolute Gasteiger partial charge is 0.163 e. The molecule has 2 heteroatoms. The highest BCUT2D eigenvalue weighted by molar-refractivity contribution is 7.98. The molecule has 2 aromatic rings. The van der Waals surface area contributed by atoms with Crippen molar-refractivity contribution in [3.05, 3.63) is 65.2 Å². The molecular formula is C17H18OS. The van der Waals surface area contributed by atoms with Crippen LogP contribution in [-0.4, -0.2) is 12.0 Å². The second-order valence-electron chi connectivity index (χ2n) is 4.58. The minimum Gasteiger partial charge on any atom is -0.294 e. The number of carbonyl (C=O) groups excluding carboxylic acids is 1. The highest BCUT2D eigenvalue weighted by Gasteiger charge is 2.07. The summed E-state index contributed by atoms with van der Waals surface area (Å²) in [6, 6.07) is 16.1. The lowest BCUT2D eigenvalue weighted by molar-refractivity contribution is 0.0983. The molecule has 0 aromatic heterocycles. The molecule has 0 radical (unpaired) electrons. The first-order valence-electron chi connectivity index (χ1n) is 6.42. The van der Waals surface area contributed by atoms with Crippen LogP contribution in [0, 0.1) is 6.92 Å². The minimum absolute atomic E-state index is 0.218. The average Bonchev–Trinajstić information content (AvgIpc) is 2.46. The van der Waals surface area contributed by atoms with Crippen molar-refractivity contribution < 1.29 is 4.79 Å². The topological polar surface area (TPSA) is 17.1 Å². The number of aryl methyl sites for hydroxylation is 2. The second kappa shape index (κ2) is 6.58. The summed E-state index contributed by atoms with van der Waals surface area (Å²) in [6.07, 6.45) is 3.42. The van der Waals surface area contributed by atoms with Crippen LogP contribution in [0.25, 0.3) is 0 Å². The second-order valence-corrected chi connectivity index (χ2v) is 5.46. The van der Waals surface area contributed by atoms with Gasteiger partial charge in [0.05, 0.1) is 0 Å². The van der Waals surface area contributed by atoms with E-state index in [1.54, 1.807) is 11.8 Å². The zero-order valence-corrected chi connectivity index (χ0v) is 12.2. The molecule has 0 fully saturated rings. The van der Waals surface area contributed by atoms with Gasteiger partial charge in [-0.1, -0.05) is 36.4 Å². The van der Waals surface area contributed by atoms with E-state index in [-0.39, 0.29) is 5.78 Å². The fourth-order valence-corrected chi connectivity index (χ4v) is 2.47. The molecule has 0 atom stereocenters. The summed E-state index contributed by atoms with van der Waals surface area (Å²) in [6.45, 7) is 2.09. The van der Waals surface area contributed by atoms with Gasteiger partial charge in [0.15, 0.2) is 5.78 Å². The van der Waals surface area contributed by atoms with Crippen LogP contribution in [0.15, 0.2) is 53.4 Å². The lowest BCUT2D eigenvalue weighted by Crippen LogP contribution is -2.01. The molecule has 0 saturated carbocycles. The number of hydrogen-bond acceptors (Lipinski definition) is 2. The van der Waals surface area contributed by atoms with Crippen molar-refractivity contribution in [3.8, 4) is 0 Å². The molecule has 0 aliphatic rings. The number of ketones is 1. The Bertz CT molecular complexity index is 558. The van der Waals surface area contributed by atoms with E-state index in [0.29, 0.717) is 6.42 Å². The molecule has 0 spiro atoms. The van der Waals surface area contributed by atoms with E-state index in [1.807, 2.05) is 42.7 Å². The van der Waals surface area contributed by atoms with Gasteiger partial charge in [0, 0.05) is 16.9 Å². The van der Waals surface area contributed by atoms with E-state index in [0.717, 1.165) is 12.0 Å². The highest BCUT2D eigenvalue weighted by atomic mass is 32.2. The molecule has 0 saturated heterocycles. The van der Waals surface area contributed by atoms with E-state index in [4.69, 9.17) is 0 Å². The van der Waals surface area contributed by atoms with Crippen LogP contribution in [0.2, 0.25) is 0 Å². The molecule has 0 N–H and O–H groups in total. The maximum Gasteiger partial charge on any atom is 0.163 e. The lowest BCUT2D eigenvalue weighted by Gasteiger charge is -2.05. The maximum atomic E-state index is 12.1. The fourth-order valence-electron chi connectivity index (χ4n) is 2.06. The molecule has 2 rings (SSSR count). The van der Waals surface area contributed by atoms with Crippen LogP contribution >= 0.6 is 11.8 Å². The quantitative estimate of drug-likeness (QED) is 0.586. The Balaban J connectivity index is 1.99. The standard InChI is InChI=1S/C17H18OS/c1-13-5-3-4-6-14(13)9-12-17(18)15-7-10-16(19-2)11-8-15/h3-8,10-11H,9,12H2,1-2H3. The summed E-state index contributed by atoms with van der Waals surface area (Å²) in [5, 5.41) is 0. The lowest BCUT2D eigenvalue weighted by atomic mass is 10.00. The van der Waals surface area contributed by atoms with E-state index < -0.39 is 0 Å². The number of rotatable bonds is 5. The summed E-state index contributed by atoms with van der Waals surface area (Å²) in [5.41, 5.74) is 3.33. The van der Waals surface area contributed by atoms with Crippen LogP contribution in [0.3, 0.4) is 0 Å². The number of thioether (sulfide) groups is 1. The molecule has 0 amide bonds. The van der Waals surface area contributed by atoms with Crippen molar-refractivity contribution in [2.24, 2.45) is 0 Å². The first-order valence-corrected chi connectivity index (χ1v) is 7.65. The third-order valence-corrected chi connectivity index (χ3v) is 4.04. The van der Waals surface area contributed by atoms with Gasteiger partial charge in [0.2, 0.25) is 0 Å². The van der Waals surface area contributed by atoms with Crippen molar-refractivity contribution in [1.29, 1.82) is 0 Å². The minimum atomic E-state index is 0.218. The van der Waals surface area contributed by atoms with Crippen molar-refractivity contribution in [3.63, 3.8) is 0 Å². The Hall–Kier alpha value is -1.54. The van der Waals surface area contributed by atoms with Crippen molar-refractivity contribution >= 4 is 17.5 Å². The molecule has 0 aliphatic carbocycles. The van der Waals surface area contributed by atoms with Crippen molar-refractivity contribution in [2.75, 3.05) is 6.26 Å². The third-order valence-electron chi connectivity index (χ3n) is 3.29. The Labute approximate surface area is 119 Å². The molecule has 19 heavy (non-hydrogen) atoms. The van der Waals surface area contributed by atoms with Crippen molar-refractivity contribution in [2.45, 2.75) is 24.7 Å². The summed E-state index contributed by atoms with van der Waals surface area (Å²) < 4.78 is 0. The summed E-state index contributed by atoms with van der Waals surface area (Å²) in [7, 11) is 0. The average molecular weight is 270 g/mol. The molecule has 98 valence electrons. The predicted octanol–water partition coefficient (Wildman–Crippen LogP) is 4.53. The van der Waals surface area contributed by atoms with Gasteiger partial charge in [-0.05, 0) is 42.9 Å². The van der Waals surface area contributed by atoms with Crippen LogP contribution in [-0.2, 0) is 6.42 Å². The number of hydrogen-bond donors (Lipinski definition) is 0. The van der Waals surface area contributed by atoms with E-state index >= 15 is 0 Å². The molecular weight excluding hydrogens is 252 g/mol. The van der Waals surface area contributed by atoms with Gasteiger partial charge in [0.1, 0.15) is 0 Å². The number of benzene rings is 2. The summed E-state index contributed by atoms with van der Waals surface area (Å²) in [4.78, 5) is 13.3. The van der Waals surface area contributed by atoms with Crippen LogP contribution in [0.5, 0.6) is 0 Å². The zero-order chi connectivity index (χ0) is 13.7. The van der Waals surface area contributed by atoms with Gasteiger partial charge in [-0.3, -0.25) is 4.79 Å². The zero-order valence-electron chi connectivity index (χ0n) is 11.3. The SMILES string of the molecule is CSc1ccc(C(=O)CCc2ccccc2C)cc1.